The van der Waals surface area contributed by atoms with Gasteiger partial charge in [-0.25, -0.2) is 0 Å². The van der Waals surface area contributed by atoms with Crippen LogP contribution >= 0.6 is 0 Å². The average molecular weight is 224 g/mol. The fourth-order valence-electron chi connectivity index (χ4n) is 1.12. The molecule has 2 nitrogen and oxygen atoms in total. The molecule has 1 aromatic heterocycles. The summed E-state index contributed by atoms with van der Waals surface area (Å²) < 4.78 is 6.04. The van der Waals surface area contributed by atoms with Crippen LogP contribution < -0.4 is 4.46 Å². The van der Waals surface area contributed by atoms with Crippen molar-refractivity contribution in [3.8, 4) is 0 Å². The Hall–Kier alpha value is -1.05. The van der Waals surface area contributed by atoms with Gasteiger partial charge in [0.25, 0.3) is 0 Å². The van der Waals surface area contributed by atoms with Crippen LogP contribution in [0.3, 0.4) is 0 Å². The third kappa shape index (κ3) is 0.986. The van der Waals surface area contributed by atoms with E-state index in [4.69, 9.17) is 4.42 Å². The molecule has 1 heterocycles. The maximum atomic E-state index is 10.5. The minimum absolute atomic E-state index is 0.371. The third-order valence-electron chi connectivity index (χ3n) is 1.68. The summed E-state index contributed by atoms with van der Waals surface area (Å²) in [5, 5.41) is 0.958. The second kappa shape index (κ2) is 2.77. The van der Waals surface area contributed by atoms with E-state index in [9.17, 15) is 4.79 Å². The van der Waals surface area contributed by atoms with Crippen LogP contribution in [-0.2, 0) is 0 Å². The van der Waals surface area contributed by atoms with E-state index in [2.05, 4.69) is 16.0 Å². The molecule has 0 spiro atoms. The van der Waals surface area contributed by atoms with Gasteiger partial charge in [-0.2, -0.15) is 0 Å². The van der Waals surface area contributed by atoms with E-state index in [0.29, 0.717) is 12.0 Å². The van der Waals surface area contributed by atoms with Crippen molar-refractivity contribution < 1.29 is 9.21 Å². The average Bonchev–Trinajstić information content (AvgIpc) is 2.44. The van der Waals surface area contributed by atoms with Crippen molar-refractivity contribution in [2.24, 2.45) is 0 Å². The molecule has 0 saturated heterocycles. The van der Waals surface area contributed by atoms with E-state index < -0.39 is 0 Å². The van der Waals surface area contributed by atoms with Gasteiger partial charge in [0, 0.05) is 0 Å². The summed E-state index contributed by atoms with van der Waals surface area (Å²) in [4.78, 5) is 10.5. The van der Waals surface area contributed by atoms with Crippen molar-refractivity contribution >= 4 is 37.7 Å². The maximum absolute atomic E-state index is 10.5. The van der Waals surface area contributed by atoms with E-state index in [1.165, 1.54) is 0 Å². The Bertz CT molecular complexity index is 431. The van der Waals surface area contributed by atoms with Gasteiger partial charge < -0.3 is 0 Å². The zero-order chi connectivity index (χ0) is 8.55. The molecule has 2 rings (SSSR count). The van der Waals surface area contributed by atoms with E-state index >= 15 is 0 Å². The molecule has 0 saturated carbocycles. The van der Waals surface area contributed by atoms with Crippen molar-refractivity contribution in [3.05, 3.63) is 30.0 Å². The summed E-state index contributed by atoms with van der Waals surface area (Å²) in [5.41, 5.74) is 0.744. The number of hydrogen-bond donors (Lipinski definition) is 0. The molecule has 59 valence electrons. The van der Waals surface area contributed by atoms with Crippen molar-refractivity contribution in [1.82, 2.24) is 0 Å². The zero-order valence-electron chi connectivity index (χ0n) is 6.11. The molecule has 0 fully saturated rings. The molecule has 0 atom stereocenters. The normalized spacial score (nSPS) is 10.3. The van der Waals surface area contributed by atoms with Crippen molar-refractivity contribution in [2.75, 3.05) is 0 Å². The van der Waals surface area contributed by atoms with Gasteiger partial charge in [0.1, 0.15) is 0 Å². The summed E-state index contributed by atoms with van der Waals surface area (Å²) >= 11 is 2.82. The molecule has 12 heavy (non-hydrogen) atoms. The summed E-state index contributed by atoms with van der Waals surface area (Å²) in [6, 6.07) is 7.54. The molecule has 0 aliphatic carbocycles. The van der Waals surface area contributed by atoms with Crippen LogP contribution in [0, 0.1) is 0 Å². The first-order valence-electron chi connectivity index (χ1n) is 3.46. The standard InChI is InChI=1S/C9H5O2Se/c10-5-8-9(12)6-3-1-2-4-7(6)11-8/h1-5H. The Morgan fingerprint density at radius 1 is 1.33 bits per heavy atom. The number of carbonyl (C=O) groups excluding carboxylic acids is 1. The van der Waals surface area contributed by atoms with Crippen molar-refractivity contribution in [2.45, 2.75) is 0 Å². The van der Waals surface area contributed by atoms with Crippen LogP contribution in [0.4, 0.5) is 0 Å². The Labute approximate surface area is 77.4 Å². The van der Waals surface area contributed by atoms with Crippen LogP contribution in [0.1, 0.15) is 10.6 Å². The van der Waals surface area contributed by atoms with Crippen LogP contribution in [0.25, 0.3) is 11.0 Å². The van der Waals surface area contributed by atoms with Gasteiger partial charge in [-0.15, -0.1) is 0 Å². The van der Waals surface area contributed by atoms with Gasteiger partial charge in [-0.1, -0.05) is 0 Å². The predicted molar refractivity (Wildman–Crippen MR) is 47.0 cm³/mol. The van der Waals surface area contributed by atoms with Crippen molar-refractivity contribution in [3.63, 3.8) is 0 Å². The molecule has 1 radical (unpaired) electrons. The monoisotopic (exact) mass is 225 g/mol. The number of rotatable bonds is 1. The molecular formula is C9H5O2Se. The molecule has 0 amide bonds. The third-order valence-corrected chi connectivity index (χ3v) is 2.57. The fourth-order valence-corrected chi connectivity index (χ4v) is 1.66. The van der Waals surface area contributed by atoms with Crippen LogP contribution in [-0.4, -0.2) is 22.3 Å². The summed E-state index contributed by atoms with van der Waals surface area (Å²) in [6.07, 6.45) is 0.714. The number of para-hydroxylation sites is 1. The second-order valence-corrected chi connectivity index (χ2v) is 3.27. The Morgan fingerprint density at radius 3 is 2.75 bits per heavy atom. The van der Waals surface area contributed by atoms with Gasteiger partial charge in [0.05, 0.1) is 0 Å². The van der Waals surface area contributed by atoms with E-state index in [0.717, 1.165) is 15.4 Å². The van der Waals surface area contributed by atoms with Crippen LogP contribution in [0.15, 0.2) is 28.7 Å². The van der Waals surface area contributed by atoms with Crippen LogP contribution in [0.2, 0.25) is 0 Å². The molecule has 0 aliphatic rings. The van der Waals surface area contributed by atoms with E-state index in [1.54, 1.807) is 0 Å². The van der Waals surface area contributed by atoms with Gasteiger partial charge in [-0.05, 0) is 0 Å². The number of carbonyl (C=O) groups is 1. The van der Waals surface area contributed by atoms with Gasteiger partial charge in [0.2, 0.25) is 0 Å². The van der Waals surface area contributed by atoms with Crippen LogP contribution in [0.5, 0.6) is 0 Å². The summed E-state index contributed by atoms with van der Waals surface area (Å²) in [6.45, 7) is 0. The Balaban J connectivity index is 2.87. The topological polar surface area (TPSA) is 30.2 Å². The van der Waals surface area contributed by atoms with Gasteiger partial charge in [0.15, 0.2) is 0 Å². The molecule has 3 heteroatoms. The number of furan rings is 1. The number of fused-ring (bicyclic) bond motifs is 1. The molecule has 0 N–H and O–H groups in total. The van der Waals surface area contributed by atoms with E-state index in [1.807, 2.05) is 24.3 Å². The first kappa shape index (κ1) is 7.59. The summed E-state index contributed by atoms with van der Waals surface area (Å²) in [7, 11) is 0. The Morgan fingerprint density at radius 2 is 2.08 bits per heavy atom. The Kier molecular flexibility index (Phi) is 1.75. The molecule has 2 aromatic rings. The first-order chi connectivity index (χ1) is 5.83. The summed E-state index contributed by atoms with van der Waals surface area (Å²) in [5.74, 6) is 0.371. The fraction of sp³-hybridized carbons (Fsp3) is 0. The van der Waals surface area contributed by atoms with Gasteiger partial charge >= 0.3 is 77.0 Å². The van der Waals surface area contributed by atoms with Gasteiger partial charge in [-0.3, -0.25) is 0 Å². The number of aldehydes is 1. The predicted octanol–water partition coefficient (Wildman–Crippen LogP) is 1.04. The SMILES string of the molecule is O=Cc1oc2ccccc2c1[Se]. The molecule has 0 unspecified atom stereocenters. The first-order valence-corrected chi connectivity index (χ1v) is 4.32. The van der Waals surface area contributed by atoms with Crippen molar-refractivity contribution in [1.29, 1.82) is 0 Å². The quantitative estimate of drug-likeness (QED) is 0.535. The molecule has 0 aliphatic heterocycles. The second-order valence-electron chi connectivity index (χ2n) is 2.41. The number of benzene rings is 1. The molecule has 1 aromatic carbocycles. The zero-order valence-corrected chi connectivity index (χ0v) is 7.82. The van der Waals surface area contributed by atoms with E-state index in [-0.39, 0.29) is 0 Å². The minimum atomic E-state index is 0.371. The molecule has 0 bridgehead atoms. The molecular weight excluding hydrogens is 219 g/mol. The number of hydrogen-bond acceptors (Lipinski definition) is 2.